The Morgan fingerprint density at radius 1 is 1.56 bits per heavy atom. The van der Waals surface area contributed by atoms with Crippen molar-refractivity contribution in [3.8, 4) is 0 Å². The third-order valence-corrected chi connectivity index (χ3v) is 3.11. The van der Waals surface area contributed by atoms with Gasteiger partial charge in [-0.1, -0.05) is 0 Å². The molecule has 1 aromatic rings. The zero-order valence-electron chi connectivity index (χ0n) is 10.1. The van der Waals surface area contributed by atoms with E-state index in [9.17, 15) is 10.1 Å². The minimum atomic E-state index is -0.402. The van der Waals surface area contributed by atoms with Gasteiger partial charge in [-0.25, -0.2) is 0 Å². The number of nitrogens with one attached hydrogen (secondary N) is 1. The summed E-state index contributed by atoms with van der Waals surface area (Å²) in [7, 11) is 0. The third-order valence-electron chi connectivity index (χ3n) is 3.11. The number of nitro benzene ring substituents is 1. The van der Waals surface area contributed by atoms with Crippen molar-refractivity contribution in [3.05, 3.63) is 28.3 Å². The summed E-state index contributed by atoms with van der Waals surface area (Å²) in [6.45, 7) is 2.31. The third kappa shape index (κ3) is 3.10. The minimum Gasteiger partial charge on any atom is -0.399 e. The molecule has 1 saturated heterocycles. The van der Waals surface area contributed by atoms with Gasteiger partial charge in [-0.3, -0.25) is 10.1 Å². The molecule has 1 unspecified atom stereocenters. The average molecular weight is 251 g/mol. The van der Waals surface area contributed by atoms with Crippen molar-refractivity contribution in [2.75, 3.05) is 30.8 Å². The Hall–Kier alpha value is -1.82. The van der Waals surface area contributed by atoms with Gasteiger partial charge in [0.25, 0.3) is 5.69 Å². The molecule has 18 heavy (non-hydrogen) atoms. The van der Waals surface area contributed by atoms with Gasteiger partial charge in [0.15, 0.2) is 0 Å². The first-order chi connectivity index (χ1) is 8.66. The molecule has 0 amide bonds. The molecular weight excluding hydrogens is 234 g/mol. The molecular formula is C12H17N3O3. The van der Waals surface area contributed by atoms with E-state index in [0.29, 0.717) is 23.8 Å². The molecule has 6 nitrogen and oxygen atoms in total. The van der Waals surface area contributed by atoms with Crippen molar-refractivity contribution >= 4 is 17.1 Å². The van der Waals surface area contributed by atoms with E-state index in [-0.39, 0.29) is 5.69 Å². The van der Waals surface area contributed by atoms with Crippen molar-refractivity contribution in [2.45, 2.75) is 12.8 Å². The molecule has 0 spiro atoms. The van der Waals surface area contributed by atoms with Gasteiger partial charge < -0.3 is 15.8 Å². The average Bonchev–Trinajstić information content (AvgIpc) is 2.82. The van der Waals surface area contributed by atoms with Crippen LogP contribution in [-0.2, 0) is 4.74 Å². The SMILES string of the molecule is Nc1ccc([N+](=O)[O-])c(NCCC2CCOC2)c1. The number of hydrogen-bond donors (Lipinski definition) is 2. The number of nitro groups is 1. The standard InChI is InChI=1S/C12H17N3O3/c13-10-1-2-12(15(16)17)11(7-10)14-5-3-9-4-6-18-8-9/h1-2,7,9,14H,3-6,8,13H2. The second-order valence-corrected chi connectivity index (χ2v) is 4.48. The van der Waals surface area contributed by atoms with Crippen molar-refractivity contribution in [1.29, 1.82) is 0 Å². The molecule has 3 N–H and O–H groups in total. The van der Waals surface area contributed by atoms with Crippen LogP contribution in [-0.4, -0.2) is 24.7 Å². The number of anilines is 2. The van der Waals surface area contributed by atoms with Crippen LogP contribution in [0.1, 0.15) is 12.8 Å². The molecule has 2 rings (SSSR count). The molecule has 0 aliphatic carbocycles. The van der Waals surface area contributed by atoms with E-state index in [4.69, 9.17) is 10.5 Å². The van der Waals surface area contributed by atoms with Crippen LogP contribution < -0.4 is 11.1 Å². The Balaban J connectivity index is 1.94. The highest BCUT2D eigenvalue weighted by Gasteiger charge is 2.17. The van der Waals surface area contributed by atoms with Crippen molar-refractivity contribution in [2.24, 2.45) is 5.92 Å². The Kier molecular flexibility index (Phi) is 3.99. The zero-order chi connectivity index (χ0) is 13.0. The van der Waals surface area contributed by atoms with Crippen molar-refractivity contribution in [3.63, 3.8) is 0 Å². The highest BCUT2D eigenvalue weighted by molar-refractivity contribution is 5.67. The molecule has 0 bridgehead atoms. The Labute approximate surface area is 105 Å². The van der Waals surface area contributed by atoms with Crippen LogP contribution in [0.4, 0.5) is 17.1 Å². The van der Waals surface area contributed by atoms with Crippen LogP contribution in [0.5, 0.6) is 0 Å². The molecule has 0 saturated carbocycles. The van der Waals surface area contributed by atoms with Crippen LogP contribution in [0, 0.1) is 16.0 Å². The fourth-order valence-electron chi connectivity index (χ4n) is 2.08. The normalized spacial score (nSPS) is 18.8. The number of hydrogen-bond acceptors (Lipinski definition) is 5. The largest absolute Gasteiger partial charge is 0.399 e. The first-order valence-electron chi connectivity index (χ1n) is 6.02. The summed E-state index contributed by atoms with van der Waals surface area (Å²) in [5, 5.41) is 13.9. The predicted octanol–water partition coefficient (Wildman–Crippen LogP) is 2.02. The molecule has 0 aromatic heterocycles. The van der Waals surface area contributed by atoms with E-state index in [0.717, 1.165) is 26.1 Å². The van der Waals surface area contributed by atoms with E-state index < -0.39 is 4.92 Å². The summed E-state index contributed by atoms with van der Waals surface area (Å²) in [6, 6.07) is 4.56. The molecule has 1 heterocycles. The van der Waals surface area contributed by atoms with Crippen LogP contribution in [0.2, 0.25) is 0 Å². The first kappa shape index (κ1) is 12.6. The van der Waals surface area contributed by atoms with E-state index in [1.165, 1.54) is 12.1 Å². The van der Waals surface area contributed by atoms with Crippen LogP contribution >= 0.6 is 0 Å². The van der Waals surface area contributed by atoms with Gasteiger partial charge >= 0.3 is 0 Å². The van der Waals surface area contributed by atoms with E-state index in [1.807, 2.05) is 0 Å². The summed E-state index contributed by atoms with van der Waals surface area (Å²) in [5.41, 5.74) is 6.71. The highest BCUT2D eigenvalue weighted by Crippen LogP contribution is 2.27. The predicted molar refractivity (Wildman–Crippen MR) is 69.5 cm³/mol. The van der Waals surface area contributed by atoms with Gasteiger partial charge in [-0.05, 0) is 30.9 Å². The number of rotatable bonds is 5. The quantitative estimate of drug-likeness (QED) is 0.474. The van der Waals surface area contributed by atoms with Crippen molar-refractivity contribution in [1.82, 2.24) is 0 Å². The number of ether oxygens (including phenoxy) is 1. The lowest BCUT2D eigenvalue weighted by Gasteiger charge is -2.10. The van der Waals surface area contributed by atoms with Gasteiger partial charge in [0.2, 0.25) is 0 Å². The molecule has 1 atom stereocenters. The lowest BCUT2D eigenvalue weighted by Crippen LogP contribution is -2.10. The summed E-state index contributed by atoms with van der Waals surface area (Å²) < 4.78 is 5.28. The second-order valence-electron chi connectivity index (χ2n) is 4.48. The molecule has 1 fully saturated rings. The van der Waals surface area contributed by atoms with E-state index in [2.05, 4.69) is 5.32 Å². The monoisotopic (exact) mass is 251 g/mol. The number of nitrogens with two attached hydrogens (primary N) is 1. The van der Waals surface area contributed by atoms with Crippen molar-refractivity contribution < 1.29 is 9.66 Å². The molecule has 1 aromatic carbocycles. The van der Waals surface area contributed by atoms with Crippen LogP contribution in [0.3, 0.4) is 0 Å². The van der Waals surface area contributed by atoms with E-state index >= 15 is 0 Å². The summed E-state index contributed by atoms with van der Waals surface area (Å²) in [4.78, 5) is 10.5. The number of nitrogen functional groups attached to an aromatic ring is 1. The van der Waals surface area contributed by atoms with Gasteiger partial charge in [0.1, 0.15) is 5.69 Å². The van der Waals surface area contributed by atoms with Gasteiger partial charge in [-0.15, -0.1) is 0 Å². The van der Waals surface area contributed by atoms with Crippen LogP contribution in [0.15, 0.2) is 18.2 Å². The maximum Gasteiger partial charge on any atom is 0.292 e. The molecule has 1 aliphatic heterocycles. The Morgan fingerprint density at radius 2 is 2.39 bits per heavy atom. The maximum absolute atomic E-state index is 10.9. The summed E-state index contributed by atoms with van der Waals surface area (Å²) in [5.74, 6) is 0.553. The lowest BCUT2D eigenvalue weighted by atomic mass is 10.1. The minimum absolute atomic E-state index is 0.0619. The maximum atomic E-state index is 10.9. The molecule has 98 valence electrons. The molecule has 0 radical (unpaired) electrons. The number of nitrogens with zero attached hydrogens (tertiary/aromatic N) is 1. The second kappa shape index (κ2) is 5.68. The fourth-order valence-corrected chi connectivity index (χ4v) is 2.08. The lowest BCUT2D eigenvalue weighted by molar-refractivity contribution is -0.383. The van der Waals surface area contributed by atoms with Gasteiger partial charge in [0, 0.05) is 31.5 Å². The van der Waals surface area contributed by atoms with Gasteiger partial charge in [0.05, 0.1) is 4.92 Å². The molecule has 1 aliphatic rings. The Morgan fingerprint density at radius 3 is 3.06 bits per heavy atom. The summed E-state index contributed by atoms with van der Waals surface area (Å²) >= 11 is 0. The van der Waals surface area contributed by atoms with Crippen LogP contribution in [0.25, 0.3) is 0 Å². The number of benzene rings is 1. The topological polar surface area (TPSA) is 90.4 Å². The fraction of sp³-hybridized carbons (Fsp3) is 0.500. The zero-order valence-corrected chi connectivity index (χ0v) is 10.1. The van der Waals surface area contributed by atoms with Gasteiger partial charge in [-0.2, -0.15) is 0 Å². The highest BCUT2D eigenvalue weighted by atomic mass is 16.6. The Bertz CT molecular complexity index is 431. The molecule has 6 heteroatoms. The first-order valence-corrected chi connectivity index (χ1v) is 6.02. The summed E-state index contributed by atoms with van der Waals surface area (Å²) in [6.07, 6.45) is 2.02. The smallest absolute Gasteiger partial charge is 0.292 e. The van der Waals surface area contributed by atoms with E-state index in [1.54, 1.807) is 6.07 Å².